The highest BCUT2D eigenvalue weighted by molar-refractivity contribution is 8.00. The van der Waals surface area contributed by atoms with E-state index in [1.165, 1.54) is 0 Å². The molecule has 7 heteroatoms. The van der Waals surface area contributed by atoms with E-state index in [1.54, 1.807) is 24.0 Å². The fourth-order valence-electron chi connectivity index (χ4n) is 2.11. The van der Waals surface area contributed by atoms with Crippen LogP contribution in [0.2, 0.25) is 0 Å². The lowest BCUT2D eigenvalue weighted by molar-refractivity contribution is 0.571. The number of aromatic nitrogens is 1. The van der Waals surface area contributed by atoms with Crippen molar-refractivity contribution < 1.29 is 8.42 Å². The third-order valence-corrected chi connectivity index (χ3v) is 6.70. The number of hydrogen-bond acceptors (Lipinski definition) is 4. The van der Waals surface area contributed by atoms with Gasteiger partial charge in [-0.3, -0.25) is 0 Å². The van der Waals surface area contributed by atoms with E-state index in [4.69, 9.17) is 0 Å². The number of sulfonamides is 1. The van der Waals surface area contributed by atoms with Crippen molar-refractivity contribution in [3.05, 3.63) is 18.0 Å². The molecule has 0 radical (unpaired) electrons. The Morgan fingerprint density at radius 1 is 1.43 bits per heavy atom. The molecule has 5 nitrogen and oxygen atoms in total. The van der Waals surface area contributed by atoms with Crippen LogP contribution in [-0.4, -0.2) is 36.6 Å². The summed E-state index contributed by atoms with van der Waals surface area (Å²) in [7, 11) is -1.54. The van der Waals surface area contributed by atoms with Gasteiger partial charge in [0.15, 0.2) is 0 Å². The zero-order chi connectivity index (χ0) is 15.7. The lowest BCUT2D eigenvalue weighted by atomic mass is 10.3. The first-order chi connectivity index (χ1) is 9.78. The van der Waals surface area contributed by atoms with E-state index in [-0.39, 0.29) is 4.75 Å². The standard InChI is InChI=1S/C14H25N3O2S2/c1-11(2)15-8-12-7-13(9-17(12)3)21(18,19)16-10-14(20-4)5-6-14/h7,9,11,15-16H,5-6,8,10H2,1-4H3. The Labute approximate surface area is 131 Å². The van der Waals surface area contributed by atoms with Crippen molar-refractivity contribution in [2.45, 2.75) is 48.9 Å². The highest BCUT2D eigenvalue weighted by Crippen LogP contribution is 2.46. The Bertz CT molecular complexity index is 589. The average Bonchev–Trinajstić information content (AvgIpc) is 3.11. The molecule has 2 rings (SSSR count). The zero-order valence-electron chi connectivity index (χ0n) is 13.1. The molecule has 0 atom stereocenters. The summed E-state index contributed by atoms with van der Waals surface area (Å²) < 4.78 is 29.5. The van der Waals surface area contributed by atoms with Crippen molar-refractivity contribution in [2.75, 3.05) is 12.8 Å². The van der Waals surface area contributed by atoms with Gasteiger partial charge in [-0.25, -0.2) is 13.1 Å². The van der Waals surface area contributed by atoms with E-state index in [2.05, 4.69) is 23.9 Å². The lowest BCUT2D eigenvalue weighted by Crippen LogP contribution is -2.31. The summed E-state index contributed by atoms with van der Waals surface area (Å²) >= 11 is 1.75. The van der Waals surface area contributed by atoms with Gasteiger partial charge in [-0.1, -0.05) is 13.8 Å². The van der Waals surface area contributed by atoms with Crippen LogP contribution in [0.15, 0.2) is 17.2 Å². The maximum atomic E-state index is 12.4. The van der Waals surface area contributed by atoms with Crippen LogP contribution in [0, 0.1) is 0 Å². The van der Waals surface area contributed by atoms with E-state index >= 15 is 0 Å². The van der Waals surface area contributed by atoms with Crippen molar-refractivity contribution in [3.8, 4) is 0 Å². The molecule has 0 aliphatic heterocycles. The normalized spacial score (nSPS) is 17.4. The smallest absolute Gasteiger partial charge is 0.242 e. The Balaban J connectivity index is 2.04. The Hall–Kier alpha value is -0.500. The SMILES string of the molecule is CSC1(CNS(=O)(=O)c2cc(CNC(C)C)n(C)c2)CC1. The fourth-order valence-corrected chi connectivity index (χ4v) is 4.15. The molecule has 1 aliphatic rings. The topological polar surface area (TPSA) is 63.1 Å². The number of nitrogens with one attached hydrogen (secondary N) is 2. The predicted molar refractivity (Wildman–Crippen MR) is 88.1 cm³/mol. The number of nitrogens with zero attached hydrogens (tertiary/aromatic N) is 1. The van der Waals surface area contributed by atoms with E-state index in [0.717, 1.165) is 18.5 Å². The minimum atomic E-state index is -3.42. The summed E-state index contributed by atoms with van der Waals surface area (Å²) in [6, 6.07) is 2.12. The number of rotatable bonds is 8. The molecule has 1 aromatic rings. The van der Waals surface area contributed by atoms with Gasteiger partial charge in [-0.15, -0.1) is 0 Å². The summed E-state index contributed by atoms with van der Waals surface area (Å²) in [6.07, 6.45) is 5.90. The van der Waals surface area contributed by atoms with Crippen molar-refractivity contribution in [1.82, 2.24) is 14.6 Å². The van der Waals surface area contributed by atoms with Crippen LogP contribution >= 0.6 is 11.8 Å². The Kier molecular flexibility index (Phi) is 5.07. The largest absolute Gasteiger partial charge is 0.352 e. The number of thioether (sulfide) groups is 1. The molecule has 1 saturated carbocycles. The minimum absolute atomic E-state index is 0.129. The molecule has 0 spiro atoms. The maximum absolute atomic E-state index is 12.4. The van der Waals surface area contributed by atoms with Crippen LogP contribution in [0.25, 0.3) is 0 Å². The van der Waals surface area contributed by atoms with Gasteiger partial charge in [-0.05, 0) is 25.2 Å². The molecular formula is C14H25N3O2S2. The molecule has 0 unspecified atom stereocenters. The van der Waals surface area contributed by atoms with Crippen LogP contribution < -0.4 is 10.0 Å². The van der Waals surface area contributed by atoms with E-state index in [9.17, 15) is 8.42 Å². The third kappa shape index (κ3) is 4.25. The molecule has 1 fully saturated rings. The molecule has 120 valence electrons. The van der Waals surface area contributed by atoms with Crippen LogP contribution in [0.4, 0.5) is 0 Å². The highest BCUT2D eigenvalue weighted by atomic mass is 32.2. The van der Waals surface area contributed by atoms with Crippen molar-refractivity contribution >= 4 is 21.8 Å². The first-order valence-electron chi connectivity index (χ1n) is 7.21. The molecular weight excluding hydrogens is 306 g/mol. The van der Waals surface area contributed by atoms with E-state index in [0.29, 0.717) is 24.0 Å². The molecule has 0 aromatic carbocycles. The summed E-state index contributed by atoms with van der Waals surface area (Å²) in [6.45, 7) is 5.32. The lowest BCUT2D eigenvalue weighted by Gasteiger charge is -2.12. The number of aryl methyl sites for hydroxylation is 1. The highest BCUT2D eigenvalue weighted by Gasteiger charge is 2.42. The monoisotopic (exact) mass is 331 g/mol. The van der Waals surface area contributed by atoms with Gasteiger partial charge in [0.2, 0.25) is 10.0 Å². The molecule has 1 aliphatic carbocycles. The molecule has 0 bridgehead atoms. The van der Waals surface area contributed by atoms with Gasteiger partial charge in [0.05, 0.1) is 4.90 Å². The fraction of sp³-hybridized carbons (Fsp3) is 0.714. The van der Waals surface area contributed by atoms with Crippen LogP contribution in [-0.2, 0) is 23.6 Å². The van der Waals surface area contributed by atoms with Gasteiger partial charge in [0.25, 0.3) is 0 Å². The van der Waals surface area contributed by atoms with Gasteiger partial charge in [0.1, 0.15) is 0 Å². The van der Waals surface area contributed by atoms with Gasteiger partial charge < -0.3 is 9.88 Å². The predicted octanol–water partition coefficient (Wildman–Crippen LogP) is 1.70. The quantitative estimate of drug-likeness (QED) is 0.761. The van der Waals surface area contributed by atoms with Gasteiger partial charge >= 0.3 is 0 Å². The molecule has 0 saturated heterocycles. The number of hydrogen-bond donors (Lipinski definition) is 2. The molecule has 21 heavy (non-hydrogen) atoms. The van der Waals surface area contributed by atoms with Crippen molar-refractivity contribution in [3.63, 3.8) is 0 Å². The van der Waals surface area contributed by atoms with Crippen LogP contribution in [0.5, 0.6) is 0 Å². The minimum Gasteiger partial charge on any atom is -0.352 e. The second-order valence-corrected chi connectivity index (χ2v) is 9.07. The van der Waals surface area contributed by atoms with Crippen molar-refractivity contribution in [2.24, 2.45) is 7.05 Å². The van der Waals surface area contributed by atoms with Gasteiger partial charge in [0, 0.05) is 42.8 Å². The molecule has 2 N–H and O–H groups in total. The summed E-state index contributed by atoms with van der Waals surface area (Å²) in [5.41, 5.74) is 0.968. The average molecular weight is 332 g/mol. The van der Waals surface area contributed by atoms with Crippen LogP contribution in [0.3, 0.4) is 0 Å². The van der Waals surface area contributed by atoms with Crippen LogP contribution in [0.1, 0.15) is 32.4 Å². The Morgan fingerprint density at radius 3 is 2.62 bits per heavy atom. The summed E-state index contributed by atoms with van der Waals surface area (Å²) in [4.78, 5) is 0.349. The Morgan fingerprint density at radius 2 is 2.10 bits per heavy atom. The molecule has 1 heterocycles. The summed E-state index contributed by atoms with van der Waals surface area (Å²) in [5.74, 6) is 0. The first kappa shape index (κ1) is 16.9. The van der Waals surface area contributed by atoms with Gasteiger partial charge in [-0.2, -0.15) is 11.8 Å². The zero-order valence-corrected chi connectivity index (χ0v) is 14.8. The van der Waals surface area contributed by atoms with E-state index in [1.807, 2.05) is 17.9 Å². The first-order valence-corrected chi connectivity index (χ1v) is 9.92. The third-order valence-electron chi connectivity index (χ3n) is 3.91. The molecule has 0 amide bonds. The second-order valence-electron chi connectivity index (χ2n) is 6.03. The molecule has 1 aromatic heterocycles. The maximum Gasteiger partial charge on any atom is 0.242 e. The second kappa shape index (κ2) is 6.32. The van der Waals surface area contributed by atoms with E-state index < -0.39 is 10.0 Å². The summed E-state index contributed by atoms with van der Waals surface area (Å²) in [5, 5.41) is 3.30. The van der Waals surface area contributed by atoms with Crippen molar-refractivity contribution in [1.29, 1.82) is 0 Å².